The highest BCUT2D eigenvalue weighted by Gasteiger charge is 2.61. The van der Waals surface area contributed by atoms with Gasteiger partial charge in [-0.05, 0) is 37.2 Å². The van der Waals surface area contributed by atoms with E-state index in [0.717, 1.165) is 4.90 Å². The molecule has 0 aromatic rings. The molecule has 3 N–H and O–H groups in total. The topological polar surface area (TPSA) is 142 Å². The fraction of sp³-hybridized carbons (Fsp3) is 0.760. The number of fused-ring (bicyclic) bond motifs is 3. The van der Waals surface area contributed by atoms with Crippen LogP contribution in [-0.4, -0.2) is 86.0 Å². The Morgan fingerprint density at radius 3 is 2.21 bits per heavy atom. The maximum atomic E-state index is 15.1. The lowest BCUT2D eigenvalue weighted by molar-refractivity contribution is -0.197. The Labute approximate surface area is 238 Å². The Morgan fingerprint density at radius 2 is 1.74 bits per heavy atom. The lowest BCUT2D eigenvalue weighted by Crippen LogP contribution is -2.71. The molecule has 17 heteroatoms. The number of carbonyl (C=O) groups is 4. The SMILES string of the molecule is CC(C)(C)[C@@H](NC(=O)C(F)(F)F)C(=O)N1[C@H]2CC[C@@H]([C@H]1C(=O)N[C@H](/C=C(/F)S(C)(=O)=O)C[C@H]1CCNC1=O)C(F)(F)C2. The quantitative estimate of drug-likeness (QED) is 0.350. The van der Waals surface area contributed by atoms with Crippen molar-refractivity contribution in [2.24, 2.45) is 17.3 Å². The fourth-order valence-electron chi connectivity index (χ4n) is 5.73. The molecular formula is C25H34F6N4O6S. The van der Waals surface area contributed by atoms with E-state index in [0.29, 0.717) is 12.3 Å². The van der Waals surface area contributed by atoms with Gasteiger partial charge >= 0.3 is 12.1 Å². The van der Waals surface area contributed by atoms with Gasteiger partial charge in [-0.15, -0.1) is 0 Å². The van der Waals surface area contributed by atoms with Gasteiger partial charge < -0.3 is 20.9 Å². The average Bonchev–Trinajstić information content (AvgIpc) is 3.22. The van der Waals surface area contributed by atoms with Gasteiger partial charge in [0, 0.05) is 31.2 Å². The van der Waals surface area contributed by atoms with Gasteiger partial charge in [0.1, 0.15) is 12.1 Å². The second-order valence-corrected chi connectivity index (χ2v) is 14.1. The minimum atomic E-state index is -5.36. The third-order valence-corrected chi connectivity index (χ3v) is 8.66. The third kappa shape index (κ3) is 7.37. The molecule has 4 aliphatic rings. The number of amides is 4. The number of nitrogens with zero attached hydrogens (tertiary/aromatic N) is 1. The molecule has 3 heterocycles. The molecule has 0 spiro atoms. The van der Waals surface area contributed by atoms with Crippen LogP contribution in [0.3, 0.4) is 0 Å². The standard InChI is InChI=1S/C25H34F6N4O6S/c1-23(2,3)18(34-22(39)25(29,30)31)21(38)35-14-5-6-15(24(27,28)11-14)17(35)20(37)33-13(10-16(26)42(4,40)41)9-12-7-8-32-19(12)36/h10,12-15,17-18H,5-9,11H2,1-4H3,(H,32,36)(H,33,37)(H,34,39)/b16-10-/t12-,13+,14+,15+,17+,18+/m1/s1. The maximum Gasteiger partial charge on any atom is 0.471 e. The van der Waals surface area contributed by atoms with Crippen LogP contribution in [0.15, 0.2) is 11.2 Å². The summed E-state index contributed by atoms with van der Waals surface area (Å²) in [6.45, 7) is 4.31. The van der Waals surface area contributed by atoms with E-state index in [2.05, 4.69) is 10.6 Å². The molecule has 3 saturated heterocycles. The molecule has 4 fully saturated rings. The highest BCUT2D eigenvalue weighted by Crippen LogP contribution is 2.49. The van der Waals surface area contributed by atoms with Gasteiger partial charge in [0.2, 0.25) is 32.7 Å². The molecule has 0 aromatic carbocycles. The molecule has 0 radical (unpaired) electrons. The van der Waals surface area contributed by atoms with Crippen LogP contribution in [-0.2, 0) is 29.0 Å². The number of sulfone groups is 1. The van der Waals surface area contributed by atoms with Crippen LogP contribution in [0.25, 0.3) is 0 Å². The second kappa shape index (κ2) is 11.7. The minimum absolute atomic E-state index is 0.00808. The Kier molecular flexibility index (Phi) is 9.36. The van der Waals surface area contributed by atoms with Crippen LogP contribution >= 0.6 is 0 Å². The van der Waals surface area contributed by atoms with E-state index in [1.807, 2.05) is 0 Å². The summed E-state index contributed by atoms with van der Waals surface area (Å²) in [6, 6.07) is -6.56. The predicted molar refractivity (Wildman–Crippen MR) is 136 cm³/mol. The molecule has 2 bridgehead atoms. The lowest BCUT2D eigenvalue weighted by Gasteiger charge is -2.55. The molecular weight excluding hydrogens is 598 g/mol. The van der Waals surface area contributed by atoms with E-state index in [1.165, 1.54) is 20.8 Å². The summed E-state index contributed by atoms with van der Waals surface area (Å²) in [7, 11) is -4.38. The zero-order chi connectivity index (χ0) is 32.0. The summed E-state index contributed by atoms with van der Waals surface area (Å²) in [5.41, 5.74) is -1.35. The lowest BCUT2D eigenvalue weighted by atomic mass is 9.70. The summed E-state index contributed by atoms with van der Waals surface area (Å²) >= 11 is 0. The van der Waals surface area contributed by atoms with Gasteiger partial charge in [0.15, 0.2) is 0 Å². The molecule has 42 heavy (non-hydrogen) atoms. The van der Waals surface area contributed by atoms with Gasteiger partial charge in [0.25, 0.3) is 5.92 Å². The Balaban J connectivity index is 2.00. The number of alkyl halides is 5. The number of halogens is 6. The largest absolute Gasteiger partial charge is 0.471 e. The van der Waals surface area contributed by atoms with Gasteiger partial charge in [0.05, 0.1) is 12.0 Å². The molecule has 4 amide bonds. The number of nitrogens with one attached hydrogen (secondary N) is 3. The van der Waals surface area contributed by atoms with Crippen LogP contribution in [0.5, 0.6) is 0 Å². The van der Waals surface area contributed by atoms with Crippen LogP contribution in [0.4, 0.5) is 26.3 Å². The molecule has 10 nitrogen and oxygen atoms in total. The average molecular weight is 633 g/mol. The van der Waals surface area contributed by atoms with E-state index in [-0.39, 0.29) is 32.2 Å². The maximum absolute atomic E-state index is 15.1. The summed E-state index contributed by atoms with van der Waals surface area (Å²) in [5.74, 6) is -11.3. The first-order valence-corrected chi connectivity index (χ1v) is 15.2. The molecule has 0 unspecified atom stereocenters. The molecule has 3 aliphatic heterocycles. The van der Waals surface area contributed by atoms with Gasteiger partial charge in [-0.1, -0.05) is 20.8 Å². The van der Waals surface area contributed by atoms with Gasteiger partial charge in [-0.3, -0.25) is 19.2 Å². The minimum Gasteiger partial charge on any atom is -0.356 e. The van der Waals surface area contributed by atoms with Gasteiger partial charge in [-0.2, -0.15) is 17.6 Å². The van der Waals surface area contributed by atoms with Crippen molar-refractivity contribution < 1.29 is 53.9 Å². The van der Waals surface area contributed by atoms with Crippen LogP contribution in [0.2, 0.25) is 0 Å². The molecule has 4 rings (SSSR count). The molecule has 1 saturated carbocycles. The highest BCUT2D eigenvalue weighted by molar-refractivity contribution is 7.94. The first kappa shape index (κ1) is 33.6. The van der Waals surface area contributed by atoms with Crippen molar-refractivity contribution in [1.82, 2.24) is 20.9 Å². The molecule has 238 valence electrons. The monoisotopic (exact) mass is 632 g/mol. The summed E-state index contributed by atoms with van der Waals surface area (Å²) in [4.78, 5) is 52.0. The summed E-state index contributed by atoms with van der Waals surface area (Å²) in [6.07, 6.45) is -5.38. The summed E-state index contributed by atoms with van der Waals surface area (Å²) in [5, 5.41) is 4.81. The van der Waals surface area contributed by atoms with E-state index in [1.54, 1.807) is 5.32 Å². The number of rotatable bonds is 8. The zero-order valence-electron chi connectivity index (χ0n) is 23.4. The number of hydrogen-bond acceptors (Lipinski definition) is 6. The Bertz CT molecular complexity index is 1250. The van der Waals surface area contributed by atoms with Crippen LogP contribution in [0.1, 0.15) is 52.9 Å². The van der Waals surface area contributed by atoms with E-state index < -0.39 is 98.6 Å². The Morgan fingerprint density at radius 1 is 1.12 bits per heavy atom. The van der Waals surface area contributed by atoms with Crippen molar-refractivity contribution in [3.8, 4) is 0 Å². The Hall–Kier alpha value is -2.85. The zero-order valence-corrected chi connectivity index (χ0v) is 24.2. The number of piperidine rings is 2. The van der Waals surface area contributed by atoms with Crippen molar-refractivity contribution in [2.75, 3.05) is 12.8 Å². The predicted octanol–water partition coefficient (Wildman–Crippen LogP) is 1.96. The molecule has 0 aromatic heterocycles. The fourth-order valence-corrected chi connectivity index (χ4v) is 6.14. The van der Waals surface area contributed by atoms with Crippen molar-refractivity contribution in [1.29, 1.82) is 0 Å². The summed E-state index contributed by atoms with van der Waals surface area (Å²) < 4.78 is 107. The van der Waals surface area contributed by atoms with Gasteiger partial charge in [-0.25, -0.2) is 17.2 Å². The smallest absolute Gasteiger partial charge is 0.356 e. The van der Waals surface area contributed by atoms with Crippen LogP contribution in [0, 0.1) is 17.3 Å². The second-order valence-electron chi connectivity index (χ2n) is 12.1. The van der Waals surface area contributed by atoms with Crippen molar-refractivity contribution in [3.63, 3.8) is 0 Å². The normalized spacial score (nSPS) is 27.7. The molecule has 6 atom stereocenters. The van der Waals surface area contributed by atoms with Crippen LogP contribution < -0.4 is 16.0 Å². The van der Waals surface area contributed by atoms with Crippen molar-refractivity contribution >= 4 is 33.5 Å². The first-order valence-electron chi connectivity index (χ1n) is 13.3. The first-order chi connectivity index (χ1) is 19.0. The van der Waals surface area contributed by atoms with E-state index >= 15 is 8.78 Å². The van der Waals surface area contributed by atoms with E-state index in [9.17, 15) is 45.2 Å². The highest BCUT2D eigenvalue weighted by atomic mass is 32.2. The van der Waals surface area contributed by atoms with Crippen molar-refractivity contribution in [3.05, 3.63) is 11.2 Å². The van der Waals surface area contributed by atoms with Crippen molar-refractivity contribution in [2.45, 2.75) is 89.1 Å². The number of carbonyl (C=O) groups excluding carboxylic acids is 4. The number of hydrogen-bond donors (Lipinski definition) is 3. The molecule has 1 aliphatic carbocycles. The third-order valence-electron chi connectivity index (χ3n) is 7.82. The van der Waals surface area contributed by atoms with E-state index in [4.69, 9.17) is 0 Å².